The van der Waals surface area contributed by atoms with Gasteiger partial charge in [0.1, 0.15) is 0 Å². The lowest BCUT2D eigenvalue weighted by atomic mass is 9.88. The van der Waals surface area contributed by atoms with Crippen LogP contribution in [0.2, 0.25) is 0 Å². The molecular weight excluding hydrogens is 84.1 g/mol. The maximum Gasteiger partial charge on any atom is 0.0269 e. The molecule has 0 saturated heterocycles. The molecular formula is C7H16. The van der Waals surface area contributed by atoms with Crippen molar-refractivity contribution in [1.29, 1.82) is 0 Å². The lowest BCUT2D eigenvalue weighted by Crippen LogP contribution is -2.05. The van der Waals surface area contributed by atoms with Crippen molar-refractivity contribution in [2.75, 3.05) is 0 Å². The van der Waals surface area contributed by atoms with Gasteiger partial charge in [0.25, 0.3) is 0 Å². The summed E-state index contributed by atoms with van der Waals surface area (Å²) < 4.78 is 29.7. The molecule has 0 fully saturated rings. The SMILES string of the molecule is [2H]C([2H])(C)C(C)(C)C([2H])([2H])C. The lowest BCUT2D eigenvalue weighted by molar-refractivity contribution is 0.338. The van der Waals surface area contributed by atoms with E-state index < -0.39 is 18.2 Å². The van der Waals surface area contributed by atoms with Crippen LogP contribution in [0.3, 0.4) is 0 Å². The fourth-order valence-corrected chi connectivity index (χ4v) is 0.125. The van der Waals surface area contributed by atoms with Gasteiger partial charge >= 0.3 is 0 Å². The van der Waals surface area contributed by atoms with Gasteiger partial charge in [-0.2, -0.15) is 0 Å². The standard InChI is InChI=1S/C7H16/c1-5-7(3,4)6-2/h5-6H2,1-4H3/i5D2,6D2. The van der Waals surface area contributed by atoms with Gasteiger partial charge < -0.3 is 0 Å². The number of hydrogen-bond acceptors (Lipinski definition) is 0. The minimum atomic E-state index is -1.49. The molecule has 7 heavy (non-hydrogen) atoms. The second-order valence-electron chi connectivity index (χ2n) is 2.12. The molecule has 0 aliphatic heterocycles. The summed E-state index contributed by atoms with van der Waals surface area (Å²) in [7, 11) is 0. The molecule has 0 saturated carbocycles. The third-order valence-electron chi connectivity index (χ3n) is 1.25. The lowest BCUT2D eigenvalue weighted by Gasteiger charge is -2.18. The third kappa shape index (κ3) is 2.67. The number of rotatable bonds is 2. The highest BCUT2D eigenvalue weighted by molar-refractivity contribution is 4.61. The van der Waals surface area contributed by atoms with Crippen LogP contribution in [0.5, 0.6) is 0 Å². The Balaban J connectivity index is 4.75. The topological polar surface area (TPSA) is 0 Å². The summed E-state index contributed by atoms with van der Waals surface area (Å²) in [6.07, 6.45) is -2.99. The van der Waals surface area contributed by atoms with Crippen molar-refractivity contribution in [3.63, 3.8) is 0 Å². The molecule has 0 aromatic heterocycles. The van der Waals surface area contributed by atoms with Gasteiger partial charge in [0.05, 0.1) is 0 Å². The fourth-order valence-electron chi connectivity index (χ4n) is 0.125. The van der Waals surface area contributed by atoms with Crippen molar-refractivity contribution in [2.24, 2.45) is 5.41 Å². The average Bonchev–Trinajstić information content (AvgIpc) is 1.58. The van der Waals surface area contributed by atoms with Crippen LogP contribution in [-0.4, -0.2) is 0 Å². The van der Waals surface area contributed by atoms with E-state index in [2.05, 4.69) is 0 Å². The molecule has 0 bridgehead atoms. The fraction of sp³-hybridized carbons (Fsp3) is 1.00. The second kappa shape index (κ2) is 2.34. The average molecular weight is 104 g/mol. The van der Waals surface area contributed by atoms with Crippen molar-refractivity contribution in [3.8, 4) is 0 Å². The molecule has 0 aliphatic rings. The third-order valence-corrected chi connectivity index (χ3v) is 1.25. The van der Waals surface area contributed by atoms with Crippen molar-refractivity contribution in [1.82, 2.24) is 0 Å². The maximum absolute atomic E-state index is 7.42. The molecule has 0 aromatic rings. The molecule has 0 aromatic carbocycles. The van der Waals surface area contributed by atoms with E-state index in [1.54, 1.807) is 13.8 Å². The van der Waals surface area contributed by atoms with Crippen LogP contribution in [0, 0.1) is 5.41 Å². The Morgan fingerprint density at radius 3 is 1.57 bits per heavy atom. The van der Waals surface area contributed by atoms with E-state index in [4.69, 9.17) is 5.48 Å². The predicted molar refractivity (Wildman–Crippen MR) is 34.4 cm³/mol. The Morgan fingerprint density at radius 1 is 1.29 bits per heavy atom. The molecule has 0 atom stereocenters. The highest BCUT2D eigenvalue weighted by Crippen LogP contribution is 2.22. The molecule has 0 nitrogen and oxygen atoms in total. The van der Waals surface area contributed by atoms with E-state index >= 15 is 0 Å². The van der Waals surface area contributed by atoms with Crippen molar-refractivity contribution in [3.05, 3.63) is 0 Å². The highest BCUT2D eigenvalue weighted by Gasteiger charge is 2.09. The van der Waals surface area contributed by atoms with Crippen LogP contribution in [0.4, 0.5) is 0 Å². The van der Waals surface area contributed by atoms with Crippen LogP contribution in [0.15, 0.2) is 0 Å². The van der Waals surface area contributed by atoms with E-state index in [-0.39, 0.29) is 0 Å². The Bertz CT molecular complexity index is 122. The molecule has 0 radical (unpaired) electrons. The summed E-state index contributed by atoms with van der Waals surface area (Å²) in [5, 5.41) is 0. The zero-order valence-corrected chi connectivity index (χ0v) is 5.50. The van der Waals surface area contributed by atoms with Crippen LogP contribution >= 0.6 is 0 Å². The summed E-state index contributed by atoms with van der Waals surface area (Å²) in [5.74, 6) is 0. The predicted octanol–water partition coefficient (Wildman–Crippen LogP) is 2.83. The minimum Gasteiger partial charge on any atom is -0.0649 e. The summed E-state index contributed by atoms with van der Waals surface area (Å²) in [6.45, 7) is 6.03. The van der Waals surface area contributed by atoms with E-state index in [9.17, 15) is 0 Å². The molecule has 0 aliphatic carbocycles. The largest absolute Gasteiger partial charge is 0.0649 e. The smallest absolute Gasteiger partial charge is 0.0269 e. The Labute approximate surface area is 52.5 Å². The molecule has 0 unspecified atom stereocenters. The van der Waals surface area contributed by atoms with Crippen molar-refractivity contribution in [2.45, 2.75) is 40.4 Å². The maximum atomic E-state index is 7.42. The molecule has 44 valence electrons. The Kier molecular flexibility index (Phi) is 0.844. The van der Waals surface area contributed by atoms with Gasteiger partial charge in [-0.25, -0.2) is 0 Å². The second-order valence-corrected chi connectivity index (χ2v) is 2.12. The molecule has 0 rings (SSSR count). The summed E-state index contributed by atoms with van der Waals surface area (Å²) in [4.78, 5) is 0. The molecule has 0 amide bonds. The Hall–Kier alpha value is 0. The first-order chi connectivity index (χ1) is 4.50. The summed E-state index contributed by atoms with van der Waals surface area (Å²) in [6, 6.07) is 0. The minimum absolute atomic E-state index is 0.958. The number of hydrogen-bond donors (Lipinski definition) is 0. The van der Waals surface area contributed by atoms with Crippen LogP contribution in [0.25, 0.3) is 0 Å². The van der Waals surface area contributed by atoms with Crippen LogP contribution < -0.4 is 0 Å². The molecule has 0 spiro atoms. The van der Waals surface area contributed by atoms with Gasteiger partial charge in [0.15, 0.2) is 0 Å². The summed E-state index contributed by atoms with van der Waals surface area (Å²) in [5.41, 5.74) is -0.958. The van der Waals surface area contributed by atoms with Gasteiger partial charge in [0, 0.05) is 5.48 Å². The zero-order chi connectivity index (χ0) is 9.50. The van der Waals surface area contributed by atoms with Gasteiger partial charge in [-0.1, -0.05) is 40.4 Å². The highest BCUT2D eigenvalue weighted by atomic mass is 14.1. The van der Waals surface area contributed by atoms with Gasteiger partial charge in [-0.15, -0.1) is 0 Å². The van der Waals surface area contributed by atoms with Crippen molar-refractivity contribution < 1.29 is 5.48 Å². The zero-order valence-electron chi connectivity index (χ0n) is 9.50. The molecule has 0 heteroatoms. The van der Waals surface area contributed by atoms with E-state index in [0.717, 1.165) is 0 Å². The van der Waals surface area contributed by atoms with Gasteiger partial charge in [-0.05, 0) is 5.41 Å². The Morgan fingerprint density at radius 2 is 1.57 bits per heavy atom. The molecule has 0 heterocycles. The normalized spacial score (nSPS) is 24.6. The van der Waals surface area contributed by atoms with Crippen LogP contribution in [0.1, 0.15) is 45.9 Å². The summed E-state index contributed by atoms with van der Waals surface area (Å²) >= 11 is 0. The van der Waals surface area contributed by atoms with Gasteiger partial charge in [-0.3, -0.25) is 0 Å². The van der Waals surface area contributed by atoms with Crippen LogP contribution in [-0.2, 0) is 0 Å². The van der Waals surface area contributed by atoms with E-state index in [1.165, 1.54) is 13.8 Å². The van der Waals surface area contributed by atoms with Crippen molar-refractivity contribution >= 4 is 0 Å². The van der Waals surface area contributed by atoms with E-state index in [1.807, 2.05) is 0 Å². The monoisotopic (exact) mass is 104 g/mol. The molecule has 0 N–H and O–H groups in total. The quantitative estimate of drug-likeness (QED) is 0.505. The van der Waals surface area contributed by atoms with Gasteiger partial charge in [0.2, 0.25) is 0 Å². The first-order valence-electron chi connectivity index (χ1n) is 4.50. The first kappa shape index (κ1) is 2.52. The van der Waals surface area contributed by atoms with E-state index in [0.29, 0.717) is 0 Å². The first-order valence-corrected chi connectivity index (χ1v) is 2.50.